The van der Waals surface area contributed by atoms with E-state index in [1.807, 2.05) is 6.07 Å². The third-order valence-electron chi connectivity index (χ3n) is 3.17. The van der Waals surface area contributed by atoms with E-state index < -0.39 is 0 Å². The molecule has 1 fully saturated rings. The maximum Gasteiger partial charge on any atom is 0.0256 e. The average Bonchev–Trinajstić information content (AvgIpc) is 2.77. The highest BCUT2D eigenvalue weighted by Gasteiger charge is 2.28. The van der Waals surface area contributed by atoms with Crippen molar-refractivity contribution >= 4 is 17.8 Å². The zero-order valence-electron chi connectivity index (χ0n) is 10.5. The van der Waals surface area contributed by atoms with Gasteiger partial charge in [0.15, 0.2) is 0 Å². The summed E-state index contributed by atoms with van der Waals surface area (Å²) >= 11 is 2.11. The number of benzene rings is 1. The first-order valence-corrected chi connectivity index (χ1v) is 7.33. The smallest absolute Gasteiger partial charge is 0.0256 e. The Balaban J connectivity index is 1.68. The van der Waals surface area contributed by atoms with Crippen LogP contribution in [0.3, 0.4) is 0 Å². The highest BCUT2D eigenvalue weighted by atomic mass is 32.2. The van der Waals surface area contributed by atoms with Crippen molar-refractivity contribution in [1.82, 2.24) is 5.32 Å². The monoisotopic (exact) mass is 247 g/mol. The molecule has 2 heteroatoms. The van der Waals surface area contributed by atoms with Crippen molar-refractivity contribution in [3.05, 3.63) is 42.0 Å². The molecule has 0 amide bonds. The van der Waals surface area contributed by atoms with Crippen molar-refractivity contribution in [1.29, 1.82) is 0 Å². The lowest BCUT2D eigenvalue weighted by Gasteiger charge is -2.22. The molecule has 0 saturated carbocycles. The van der Waals surface area contributed by atoms with Crippen LogP contribution in [0.5, 0.6) is 0 Å². The Labute approximate surface area is 109 Å². The topological polar surface area (TPSA) is 12.0 Å². The van der Waals surface area contributed by atoms with Crippen LogP contribution in [0.25, 0.3) is 6.08 Å². The minimum Gasteiger partial charge on any atom is -0.312 e. The fourth-order valence-electron chi connectivity index (χ4n) is 2.16. The molecule has 1 nitrogen and oxygen atoms in total. The lowest BCUT2D eigenvalue weighted by Crippen LogP contribution is -2.32. The summed E-state index contributed by atoms with van der Waals surface area (Å²) in [5.41, 5.74) is 1.27. The summed E-state index contributed by atoms with van der Waals surface area (Å²) in [6.07, 6.45) is 7.12. The molecule has 0 aliphatic carbocycles. The van der Waals surface area contributed by atoms with Gasteiger partial charge in [-0.15, -0.1) is 0 Å². The highest BCUT2D eigenvalue weighted by Crippen LogP contribution is 2.36. The summed E-state index contributed by atoms with van der Waals surface area (Å²) in [6, 6.07) is 10.5. The molecule has 0 spiro atoms. The van der Waals surface area contributed by atoms with Gasteiger partial charge in [-0.05, 0) is 31.1 Å². The Morgan fingerprint density at radius 1 is 1.35 bits per heavy atom. The summed E-state index contributed by atoms with van der Waals surface area (Å²) in [4.78, 5) is 0. The molecule has 1 unspecified atom stereocenters. The predicted octanol–water partition coefficient (Wildman–Crippen LogP) is 3.58. The summed E-state index contributed by atoms with van der Waals surface area (Å²) in [6.45, 7) is 4.46. The van der Waals surface area contributed by atoms with Crippen LogP contribution in [-0.2, 0) is 0 Å². The Morgan fingerprint density at radius 3 is 2.88 bits per heavy atom. The molecule has 1 N–H and O–H groups in total. The van der Waals surface area contributed by atoms with Crippen LogP contribution in [0.2, 0.25) is 0 Å². The summed E-state index contributed by atoms with van der Waals surface area (Å²) < 4.78 is 0.473. The van der Waals surface area contributed by atoms with E-state index in [0.717, 1.165) is 13.1 Å². The Bertz CT molecular complexity index is 352. The van der Waals surface area contributed by atoms with E-state index >= 15 is 0 Å². The van der Waals surface area contributed by atoms with Crippen LogP contribution in [0.1, 0.15) is 25.3 Å². The fourth-order valence-corrected chi connectivity index (χ4v) is 3.43. The molecule has 1 aliphatic heterocycles. The van der Waals surface area contributed by atoms with Crippen molar-refractivity contribution in [2.45, 2.75) is 24.5 Å². The molecule has 1 aromatic rings. The largest absolute Gasteiger partial charge is 0.312 e. The fraction of sp³-hybridized carbons (Fsp3) is 0.467. The van der Waals surface area contributed by atoms with E-state index in [0.29, 0.717) is 4.75 Å². The lowest BCUT2D eigenvalue weighted by molar-refractivity contribution is 0.556. The van der Waals surface area contributed by atoms with Crippen molar-refractivity contribution in [3.63, 3.8) is 0 Å². The van der Waals surface area contributed by atoms with Gasteiger partial charge in [-0.25, -0.2) is 0 Å². The molecule has 1 atom stereocenters. The third-order valence-corrected chi connectivity index (χ3v) is 4.71. The molecule has 1 heterocycles. The van der Waals surface area contributed by atoms with Crippen molar-refractivity contribution in [2.24, 2.45) is 0 Å². The minimum absolute atomic E-state index is 0.473. The number of hydrogen-bond donors (Lipinski definition) is 1. The lowest BCUT2D eigenvalue weighted by atomic mass is 10.1. The number of nitrogens with one attached hydrogen (secondary N) is 1. The van der Waals surface area contributed by atoms with Crippen LogP contribution in [0.4, 0.5) is 0 Å². The van der Waals surface area contributed by atoms with Gasteiger partial charge in [0.2, 0.25) is 0 Å². The average molecular weight is 247 g/mol. The van der Waals surface area contributed by atoms with E-state index in [1.54, 1.807) is 0 Å². The SMILES string of the molecule is CC1(CNC/C=C/c2ccccc2)CCCS1. The Kier molecular flexibility index (Phi) is 4.69. The van der Waals surface area contributed by atoms with E-state index in [4.69, 9.17) is 0 Å². The molecule has 0 aromatic heterocycles. The van der Waals surface area contributed by atoms with E-state index in [2.05, 4.69) is 60.4 Å². The molecule has 92 valence electrons. The summed E-state index contributed by atoms with van der Waals surface area (Å²) in [7, 11) is 0. The van der Waals surface area contributed by atoms with Gasteiger partial charge < -0.3 is 5.32 Å². The Hall–Kier alpha value is -0.730. The first-order chi connectivity index (χ1) is 8.29. The summed E-state index contributed by atoms with van der Waals surface area (Å²) in [5.74, 6) is 1.33. The standard InChI is InChI=1S/C15H21NS/c1-15(10-6-12-17-15)13-16-11-5-9-14-7-3-2-4-8-14/h2-5,7-9,16H,6,10-13H2,1H3/b9-5+. The third kappa shape index (κ3) is 4.21. The second-order valence-corrected chi connectivity index (χ2v) is 6.53. The quantitative estimate of drug-likeness (QED) is 0.798. The zero-order chi connectivity index (χ0) is 12.0. The number of thioether (sulfide) groups is 1. The molecular weight excluding hydrogens is 226 g/mol. The molecule has 0 bridgehead atoms. The molecule has 0 radical (unpaired) electrons. The molecule has 1 aliphatic rings. The van der Waals surface area contributed by atoms with Crippen molar-refractivity contribution < 1.29 is 0 Å². The van der Waals surface area contributed by atoms with Crippen LogP contribution in [-0.4, -0.2) is 23.6 Å². The van der Waals surface area contributed by atoms with Gasteiger partial charge >= 0.3 is 0 Å². The van der Waals surface area contributed by atoms with Gasteiger partial charge in [-0.3, -0.25) is 0 Å². The number of rotatable bonds is 5. The molecule has 1 saturated heterocycles. The maximum absolute atomic E-state index is 3.53. The van der Waals surface area contributed by atoms with E-state index in [9.17, 15) is 0 Å². The maximum atomic E-state index is 3.53. The predicted molar refractivity (Wildman–Crippen MR) is 78.4 cm³/mol. The molecular formula is C15H21NS. The van der Waals surface area contributed by atoms with Crippen LogP contribution >= 0.6 is 11.8 Å². The van der Waals surface area contributed by atoms with Crippen LogP contribution in [0, 0.1) is 0 Å². The van der Waals surface area contributed by atoms with Gasteiger partial charge in [0.05, 0.1) is 0 Å². The normalized spacial score (nSPS) is 24.5. The van der Waals surface area contributed by atoms with E-state index in [-0.39, 0.29) is 0 Å². The number of hydrogen-bond acceptors (Lipinski definition) is 2. The van der Waals surface area contributed by atoms with Gasteiger partial charge in [-0.1, -0.05) is 42.5 Å². The van der Waals surface area contributed by atoms with Gasteiger partial charge in [0, 0.05) is 17.8 Å². The second-order valence-electron chi connectivity index (χ2n) is 4.85. The molecule has 2 rings (SSSR count). The molecule has 17 heavy (non-hydrogen) atoms. The Morgan fingerprint density at radius 2 is 2.18 bits per heavy atom. The zero-order valence-corrected chi connectivity index (χ0v) is 11.3. The van der Waals surface area contributed by atoms with Gasteiger partial charge in [-0.2, -0.15) is 11.8 Å². The van der Waals surface area contributed by atoms with Crippen molar-refractivity contribution in [2.75, 3.05) is 18.8 Å². The van der Waals surface area contributed by atoms with Gasteiger partial charge in [0.1, 0.15) is 0 Å². The van der Waals surface area contributed by atoms with E-state index in [1.165, 1.54) is 24.2 Å². The minimum atomic E-state index is 0.473. The first kappa shape index (κ1) is 12.7. The second kappa shape index (κ2) is 6.27. The summed E-state index contributed by atoms with van der Waals surface area (Å²) in [5, 5.41) is 3.53. The van der Waals surface area contributed by atoms with Crippen LogP contribution < -0.4 is 5.32 Å². The van der Waals surface area contributed by atoms with Crippen LogP contribution in [0.15, 0.2) is 36.4 Å². The van der Waals surface area contributed by atoms with Gasteiger partial charge in [0.25, 0.3) is 0 Å². The highest BCUT2D eigenvalue weighted by molar-refractivity contribution is 8.00. The first-order valence-electron chi connectivity index (χ1n) is 6.35. The molecule has 1 aromatic carbocycles. The van der Waals surface area contributed by atoms with Crippen molar-refractivity contribution in [3.8, 4) is 0 Å².